The molecular formula is C18H16N4O3S. The zero-order valence-electron chi connectivity index (χ0n) is 13.8. The van der Waals surface area contributed by atoms with Crippen molar-refractivity contribution in [3.63, 3.8) is 0 Å². The molecule has 3 rings (SSSR count). The molecule has 0 atom stereocenters. The number of carbonyl (C=O) groups is 2. The summed E-state index contributed by atoms with van der Waals surface area (Å²) in [5.74, 6) is -0.603. The summed E-state index contributed by atoms with van der Waals surface area (Å²) in [6.45, 7) is 3.41. The number of benzene rings is 1. The highest BCUT2D eigenvalue weighted by molar-refractivity contribution is 7.21. The highest BCUT2D eigenvalue weighted by Crippen LogP contribution is 2.30. The van der Waals surface area contributed by atoms with Crippen molar-refractivity contribution < 1.29 is 9.59 Å². The van der Waals surface area contributed by atoms with E-state index in [9.17, 15) is 14.4 Å². The van der Waals surface area contributed by atoms with E-state index in [-0.39, 0.29) is 18.6 Å². The van der Waals surface area contributed by atoms with Crippen LogP contribution in [0.2, 0.25) is 0 Å². The van der Waals surface area contributed by atoms with Gasteiger partial charge in [-0.05, 0) is 11.6 Å². The van der Waals surface area contributed by atoms with Crippen LogP contribution in [0.15, 0.2) is 60.2 Å². The van der Waals surface area contributed by atoms with Gasteiger partial charge in [0.05, 0.1) is 11.7 Å². The van der Waals surface area contributed by atoms with Gasteiger partial charge in [-0.3, -0.25) is 19.5 Å². The summed E-state index contributed by atoms with van der Waals surface area (Å²) in [5, 5.41) is 5.02. The molecule has 1 aromatic carbocycles. The predicted octanol–water partition coefficient (Wildman–Crippen LogP) is 2.14. The third kappa shape index (κ3) is 3.86. The Morgan fingerprint density at radius 2 is 2.04 bits per heavy atom. The third-order valence-corrected chi connectivity index (χ3v) is 4.64. The van der Waals surface area contributed by atoms with E-state index in [4.69, 9.17) is 0 Å². The minimum atomic E-state index is -0.640. The third-order valence-electron chi connectivity index (χ3n) is 3.55. The minimum absolute atomic E-state index is 0.240. The molecule has 3 aromatic rings. The maximum Gasteiger partial charge on any atom is 0.321 e. The molecule has 0 aliphatic rings. The monoisotopic (exact) mass is 368 g/mol. The lowest BCUT2D eigenvalue weighted by molar-refractivity contribution is -0.120. The largest absolute Gasteiger partial charge is 0.334 e. The molecule has 132 valence electrons. The van der Waals surface area contributed by atoms with Crippen molar-refractivity contribution >= 4 is 33.5 Å². The van der Waals surface area contributed by atoms with Gasteiger partial charge in [-0.15, -0.1) is 17.9 Å². The average Bonchev–Trinajstić information content (AvgIpc) is 3.08. The van der Waals surface area contributed by atoms with Crippen molar-refractivity contribution in [2.24, 2.45) is 0 Å². The number of hydrogen-bond acceptors (Lipinski definition) is 5. The van der Waals surface area contributed by atoms with Crippen LogP contribution in [0.5, 0.6) is 0 Å². The van der Waals surface area contributed by atoms with Gasteiger partial charge < -0.3 is 5.32 Å². The predicted molar refractivity (Wildman–Crippen MR) is 101 cm³/mol. The first-order valence-electron chi connectivity index (χ1n) is 7.81. The quantitative estimate of drug-likeness (QED) is 0.675. The van der Waals surface area contributed by atoms with E-state index in [1.807, 2.05) is 30.3 Å². The normalized spacial score (nSPS) is 10.5. The van der Waals surface area contributed by atoms with E-state index in [0.29, 0.717) is 10.2 Å². The number of amides is 3. The van der Waals surface area contributed by atoms with Crippen LogP contribution < -0.4 is 16.2 Å². The van der Waals surface area contributed by atoms with Crippen LogP contribution in [0.3, 0.4) is 0 Å². The van der Waals surface area contributed by atoms with E-state index in [0.717, 1.165) is 10.4 Å². The van der Waals surface area contributed by atoms with Gasteiger partial charge in [0, 0.05) is 11.4 Å². The molecular weight excluding hydrogens is 352 g/mol. The lowest BCUT2D eigenvalue weighted by Gasteiger charge is -2.06. The molecule has 0 saturated carbocycles. The Bertz CT molecular complexity index is 1020. The molecule has 0 bridgehead atoms. The fourth-order valence-electron chi connectivity index (χ4n) is 2.35. The zero-order chi connectivity index (χ0) is 18.5. The number of nitrogens with one attached hydrogen (secondary N) is 2. The molecule has 0 fully saturated rings. The van der Waals surface area contributed by atoms with Crippen LogP contribution in [0, 0.1) is 0 Å². The van der Waals surface area contributed by atoms with Crippen molar-refractivity contribution in [1.82, 2.24) is 20.2 Å². The fraction of sp³-hybridized carbons (Fsp3) is 0.111. The molecule has 8 heteroatoms. The van der Waals surface area contributed by atoms with Crippen LogP contribution in [0.25, 0.3) is 20.7 Å². The Labute approximate surface area is 153 Å². The van der Waals surface area contributed by atoms with Gasteiger partial charge in [0.25, 0.3) is 5.56 Å². The van der Waals surface area contributed by atoms with Gasteiger partial charge >= 0.3 is 6.03 Å². The highest BCUT2D eigenvalue weighted by Gasteiger charge is 2.13. The molecule has 7 nitrogen and oxygen atoms in total. The lowest BCUT2D eigenvalue weighted by Crippen LogP contribution is -2.42. The Morgan fingerprint density at radius 1 is 1.27 bits per heavy atom. The van der Waals surface area contributed by atoms with Gasteiger partial charge in [0.2, 0.25) is 5.91 Å². The van der Waals surface area contributed by atoms with Crippen LogP contribution >= 0.6 is 11.3 Å². The van der Waals surface area contributed by atoms with Crippen molar-refractivity contribution in [2.45, 2.75) is 6.54 Å². The molecule has 26 heavy (non-hydrogen) atoms. The summed E-state index contributed by atoms with van der Waals surface area (Å²) in [6.07, 6.45) is 2.81. The molecule has 0 saturated heterocycles. The Morgan fingerprint density at radius 3 is 2.77 bits per heavy atom. The van der Waals surface area contributed by atoms with Crippen LogP contribution in [-0.2, 0) is 11.3 Å². The summed E-state index contributed by atoms with van der Waals surface area (Å²) in [6, 6.07) is 10.8. The van der Waals surface area contributed by atoms with E-state index in [1.54, 1.807) is 6.07 Å². The van der Waals surface area contributed by atoms with E-state index < -0.39 is 11.9 Å². The molecule has 3 amide bonds. The maximum absolute atomic E-state index is 12.6. The van der Waals surface area contributed by atoms with Gasteiger partial charge in [-0.25, -0.2) is 9.78 Å². The molecule has 0 spiro atoms. The second-order valence-electron chi connectivity index (χ2n) is 5.42. The zero-order valence-corrected chi connectivity index (χ0v) is 14.6. The van der Waals surface area contributed by atoms with Crippen LogP contribution in [0.4, 0.5) is 4.79 Å². The number of rotatable bonds is 5. The molecule has 2 heterocycles. The second kappa shape index (κ2) is 7.75. The molecule has 2 N–H and O–H groups in total. The Balaban J connectivity index is 1.81. The van der Waals surface area contributed by atoms with Gasteiger partial charge in [0.1, 0.15) is 11.4 Å². The number of carbonyl (C=O) groups excluding carboxylic acids is 2. The number of nitrogens with zero attached hydrogens (tertiary/aromatic N) is 2. The first-order chi connectivity index (χ1) is 12.6. The summed E-state index contributed by atoms with van der Waals surface area (Å²) in [7, 11) is 0. The standard InChI is InChI=1S/C18H16N4O3S/c1-2-8-19-18(25)21-15(23)10-22-11-20-16-13(17(22)24)9-14(26-16)12-6-4-3-5-7-12/h2-7,9,11H,1,8,10H2,(H2,19,21,23,25). The molecule has 0 unspecified atom stereocenters. The number of aromatic nitrogens is 2. The summed E-state index contributed by atoms with van der Waals surface area (Å²) in [4.78, 5) is 41.8. The molecule has 2 aromatic heterocycles. The summed E-state index contributed by atoms with van der Waals surface area (Å²) < 4.78 is 1.18. The van der Waals surface area contributed by atoms with Crippen molar-refractivity contribution in [2.75, 3.05) is 6.54 Å². The molecule has 0 radical (unpaired) electrons. The van der Waals surface area contributed by atoms with Gasteiger partial charge in [0.15, 0.2) is 0 Å². The first kappa shape index (κ1) is 17.6. The number of imide groups is 1. The number of urea groups is 1. The SMILES string of the molecule is C=CCNC(=O)NC(=O)Cn1cnc2sc(-c3ccccc3)cc2c1=O. The van der Waals surface area contributed by atoms with E-state index >= 15 is 0 Å². The van der Waals surface area contributed by atoms with Gasteiger partial charge in [-0.1, -0.05) is 36.4 Å². The number of thiophene rings is 1. The first-order valence-corrected chi connectivity index (χ1v) is 8.63. The Kier molecular flexibility index (Phi) is 5.23. The fourth-order valence-corrected chi connectivity index (χ4v) is 3.34. The van der Waals surface area contributed by atoms with Gasteiger partial charge in [-0.2, -0.15) is 0 Å². The van der Waals surface area contributed by atoms with Crippen LogP contribution in [0.1, 0.15) is 0 Å². The van der Waals surface area contributed by atoms with Crippen molar-refractivity contribution in [3.8, 4) is 10.4 Å². The lowest BCUT2D eigenvalue weighted by atomic mass is 10.2. The minimum Gasteiger partial charge on any atom is -0.334 e. The van der Waals surface area contributed by atoms with Crippen molar-refractivity contribution in [1.29, 1.82) is 0 Å². The number of fused-ring (bicyclic) bond motifs is 1. The smallest absolute Gasteiger partial charge is 0.321 e. The average molecular weight is 368 g/mol. The molecule has 0 aliphatic carbocycles. The molecule has 0 aliphatic heterocycles. The van der Waals surface area contributed by atoms with E-state index in [2.05, 4.69) is 22.2 Å². The van der Waals surface area contributed by atoms with Crippen LogP contribution in [-0.4, -0.2) is 28.0 Å². The van der Waals surface area contributed by atoms with E-state index in [1.165, 1.54) is 28.3 Å². The highest BCUT2D eigenvalue weighted by atomic mass is 32.1. The second-order valence-corrected chi connectivity index (χ2v) is 6.45. The summed E-state index contributed by atoms with van der Waals surface area (Å²) >= 11 is 1.41. The number of hydrogen-bond donors (Lipinski definition) is 2. The Hall–Kier alpha value is -3.26. The van der Waals surface area contributed by atoms with Crippen molar-refractivity contribution in [3.05, 3.63) is 65.7 Å². The summed E-state index contributed by atoms with van der Waals surface area (Å²) in [5.41, 5.74) is 0.674. The topological polar surface area (TPSA) is 93.1 Å². The maximum atomic E-state index is 12.6.